The number of rotatable bonds is 8. The Labute approximate surface area is 180 Å². The summed E-state index contributed by atoms with van der Waals surface area (Å²) in [6, 6.07) is 3.04. The molecule has 0 heterocycles. The van der Waals surface area contributed by atoms with Gasteiger partial charge >= 0.3 is 5.97 Å². The predicted molar refractivity (Wildman–Crippen MR) is 117 cm³/mol. The molecule has 9 heteroatoms. The quantitative estimate of drug-likeness (QED) is 0.573. The molecule has 0 aromatic heterocycles. The van der Waals surface area contributed by atoms with Crippen LogP contribution >= 0.6 is 0 Å². The Bertz CT molecular complexity index is 887. The zero-order valence-corrected chi connectivity index (χ0v) is 20.4. The Morgan fingerprint density at radius 1 is 1.00 bits per heavy atom. The number of carbonyl (C=O) groups is 2. The van der Waals surface area contributed by atoms with Crippen molar-refractivity contribution in [2.45, 2.75) is 45.1 Å². The number of likely N-dealkylation sites (N-methyl/N-ethyl adjacent to an activating group) is 1. The molecule has 1 rings (SSSR count). The number of hydrogen-bond acceptors (Lipinski definition) is 6. The minimum absolute atomic E-state index is 0.0840. The third-order valence-electron chi connectivity index (χ3n) is 4.47. The van der Waals surface area contributed by atoms with E-state index in [-0.39, 0.29) is 17.0 Å². The maximum absolute atomic E-state index is 13.3. The molecule has 0 saturated carbocycles. The minimum Gasteiger partial charge on any atom is -0.459 e. The number of sulfonamides is 1. The normalized spacial score (nSPS) is 12.4. The summed E-state index contributed by atoms with van der Waals surface area (Å²) in [6.45, 7) is 9.39. The fraction of sp³-hybridized carbons (Fsp3) is 0.619. The van der Waals surface area contributed by atoms with Crippen molar-refractivity contribution < 1.29 is 22.7 Å². The van der Waals surface area contributed by atoms with Crippen molar-refractivity contribution in [3.05, 3.63) is 28.8 Å². The van der Waals surface area contributed by atoms with Gasteiger partial charge in [-0.2, -0.15) is 0 Å². The molecule has 1 aromatic rings. The molecule has 0 N–H and O–H groups in total. The second-order valence-electron chi connectivity index (χ2n) is 8.82. The van der Waals surface area contributed by atoms with Gasteiger partial charge in [0.15, 0.2) is 0 Å². The Morgan fingerprint density at radius 2 is 1.57 bits per heavy atom. The minimum atomic E-state index is -3.72. The first-order valence-electron chi connectivity index (χ1n) is 9.76. The topological polar surface area (TPSA) is 87.2 Å². The van der Waals surface area contributed by atoms with Crippen molar-refractivity contribution in [3.63, 3.8) is 0 Å². The van der Waals surface area contributed by atoms with E-state index in [2.05, 4.69) is 0 Å². The molecule has 0 fully saturated rings. The highest BCUT2D eigenvalue weighted by Gasteiger charge is 2.27. The first kappa shape index (κ1) is 26.1. The van der Waals surface area contributed by atoms with Crippen LogP contribution in [0.4, 0.5) is 0 Å². The van der Waals surface area contributed by atoms with Crippen molar-refractivity contribution in [2.75, 3.05) is 47.8 Å². The number of benzene rings is 1. The van der Waals surface area contributed by atoms with Crippen LogP contribution < -0.4 is 0 Å². The number of nitrogens with zero attached hydrogens (tertiary/aromatic N) is 3. The van der Waals surface area contributed by atoms with Crippen LogP contribution in [-0.4, -0.2) is 87.8 Å². The number of esters is 1. The van der Waals surface area contributed by atoms with E-state index in [0.717, 1.165) is 4.31 Å². The summed E-state index contributed by atoms with van der Waals surface area (Å²) in [7, 11) is 2.91. The molecule has 1 aromatic carbocycles. The standard InChI is InChI=1S/C21H35N3O5S/c1-15-12-17(13-18(16(15)2)30(27,28)23(8)9)20(26)24(11-10-22(6)7)14-19(25)29-21(3,4)5/h12-13H,10-11,14H2,1-9H3. The summed E-state index contributed by atoms with van der Waals surface area (Å²) in [5.74, 6) is -0.930. The lowest BCUT2D eigenvalue weighted by Crippen LogP contribution is -2.42. The Hall–Kier alpha value is -1.97. The Kier molecular flexibility index (Phi) is 8.59. The van der Waals surface area contributed by atoms with E-state index in [4.69, 9.17) is 4.74 Å². The zero-order chi connectivity index (χ0) is 23.4. The van der Waals surface area contributed by atoms with Gasteiger partial charge in [0.25, 0.3) is 5.91 Å². The molecule has 0 unspecified atom stereocenters. The highest BCUT2D eigenvalue weighted by molar-refractivity contribution is 7.89. The fourth-order valence-electron chi connectivity index (χ4n) is 2.70. The molecule has 8 nitrogen and oxygen atoms in total. The number of carbonyl (C=O) groups excluding carboxylic acids is 2. The molecular formula is C21H35N3O5S. The Balaban J connectivity index is 3.34. The molecule has 0 radical (unpaired) electrons. The van der Waals surface area contributed by atoms with Crippen LogP contribution in [0, 0.1) is 13.8 Å². The molecule has 0 aliphatic heterocycles. The molecular weight excluding hydrogens is 406 g/mol. The van der Waals surface area contributed by atoms with Gasteiger partial charge in [0, 0.05) is 32.7 Å². The lowest BCUT2D eigenvalue weighted by Gasteiger charge is -2.27. The van der Waals surface area contributed by atoms with Crippen molar-refractivity contribution in [3.8, 4) is 0 Å². The predicted octanol–water partition coefficient (Wildman–Crippen LogP) is 1.90. The number of hydrogen-bond donors (Lipinski definition) is 0. The van der Waals surface area contributed by atoms with Crippen molar-refractivity contribution in [2.24, 2.45) is 0 Å². The summed E-state index contributed by atoms with van der Waals surface area (Å²) >= 11 is 0. The molecule has 0 atom stereocenters. The van der Waals surface area contributed by atoms with Crippen LogP contribution in [-0.2, 0) is 19.6 Å². The molecule has 0 saturated heterocycles. The zero-order valence-electron chi connectivity index (χ0n) is 19.6. The molecule has 170 valence electrons. The third-order valence-corrected chi connectivity index (χ3v) is 6.41. The summed E-state index contributed by atoms with van der Waals surface area (Å²) in [5, 5.41) is 0. The highest BCUT2D eigenvalue weighted by atomic mass is 32.2. The van der Waals surface area contributed by atoms with Crippen LogP contribution in [0.25, 0.3) is 0 Å². The summed E-state index contributed by atoms with van der Waals surface area (Å²) in [6.07, 6.45) is 0. The largest absolute Gasteiger partial charge is 0.459 e. The van der Waals surface area contributed by atoms with Crippen LogP contribution in [0.1, 0.15) is 42.3 Å². The summed E-state index contributed by atoms with van der Waals surface area (Å²) in [5.41, 5.74) is 0.833. The van der Waals surface area contributed by atoms with Crippen molar-refractivity contribution in [1.82, 2.24) is 14.1 Å². The van der Waals surface area contributed by atoms with E-state index in [1.807, 2.05) is 19.0 Å². The van der Waals surface area contributed by atoms with Gasteiger partial charge in [-0.25, -0.2) is 12.7 Å². The lowest BCUT2D eigenvalue weighted by atomic mass is 10.1. The van der Waals surface area contributed by atoms with Gasteiger partial charge in [-0.3, -0.25) is 9.59 Å². The lowest BCUT2D eigenvalue weighted by molar-refractivity contribution is -0.155. The van der Waals surface area contributed by atoms with E-state index in [1.165, 1.54) is 25.1 Å². The highest BCUT2D eigenvalue weighted by Crippen LogP contribution is 2.24. The van der Waals surface area contributed by atoms with Crippen LogP contribution in [0.2, 0.25) is 0 Å². The number of aryl methyl sites for hydroxylation is 1. The smallest absolute Gasteiger partial charge is 0.326 e. The van der Waals surface area contributed by atoms with Gasteiger partial charge in [0.1, 0.15) is 12.1 Å². The van der Waals surface area contributed by atoms with Crippen LogP contribution in [0.3, 0.4) is 0 Å². The van der Waals surface area contributed by atoms with E-state index in [0.29, 0.717) is 24.2 Å². The summed E-state index contributed by atoms with van der Waals surface area (Å²) in [4.78, 5) is 29.0. The SMILES string of the molecule is Cc1cc(C(=O)N(CCN(C)C)CC(=O)OC(C)(C)C)cc(S(=O)(=O)N(C)C)c1C. The van der Waals surface area contributed by atoms with Gasteiger partial charge in [0.2, 0.25) is 10.0 Å². The average molecular weight is 442 g/mol. The molecule has 0 spiro atoms. The number of amides is 1. The van der Waals surface area contributed by atoms with E-state index >= 15 is 0 Å². The van der Waals surface area contributed by atoms with Gasteiger partial charge in [-0.15, -0.1) is 0 Å². The second-order valence-corrected chi connectivity index (χ2v) is 10.9. The number of ether oxygens (including phenoxy) is 1. The Morgan fingerprint density at radius 3 is 2.03 bits per heavy atom. The fourth-order valence-corrected chi connectivity index (χ4v) is 3.92. The van der Waals surface area contributed by atoms with Crippen LogP contribution in [0.15, 0.2) is 17.0 Å². The monoisotopic (exact) mass is 441 g/mol. The third kappa shape index (κ3) is 7.07. The maximum atomic E-state index is 13.3. The molecule has 1 amide bonds. The van der Waals surface area contributed by atoms with E-state index in [1.54, 1.807) is 40.7 Å². The first-order chi connectivity index (χ1) is 13.6. The second kappa shape index (κ2) is 9.89. The van der Waals surface area contributed by atoms with Crippen molar-refractivity contribution >= 4 is 21.9 Å². The summed E-state index contributed by atoms with van der Waals surface area (Å²) < 4.78 is 31.9. The molecule has 0 aliphatic carbocycles. The molecule has 0 bridgehead atoms. The maximum Gasteiger partial charge on any atom is 0.326 e. The van der Waals surface area contributed by atoms with Crippen molar-refractivity contribution in [1.29, 1.82) is 0 Å². The van der Waals surface area contributed by atoms with Gasteiger partial charge in [0.05, 0.1) is 4.90 Å². The van der Waals surface area contributed by atoms with Gasteiger partial charge in [-0.1, -0.05) is 0 Å². The molecule has 0 aliphatic rings. The molecule has 30 heavy (non-hydrogen) atoms. The van der Waals surface area contributed by atoms with E-state index in [9.17, 15) is 18.0 Å². The van der Waals surface area contributed by atoms with E-state index < -0.39 is 27.5 Å². The van der Waals surface area contributed by atoms with Gasteiger partial charge in [-0.05, 0) is 72.0 Å². The average Bonchev–Trinajstić information content (AvgIpc) is 2.58. The first-order valence-corrected chi connectivity index (χ1v) is 11.2. The van der Waals surface area contributed by atoms with Crippen LogP contribution in [0.5, 0.6) is 0 Å². The van der Waals surface area contributed by atoms with Gasteiger partial charge < -0.3 is 14.5 Å².